The van der Waals surface area contributed by atoms with Crippen LogP contribution in [0.3, 0.4) is 0 Å². The zero-order chi connectivity index (χ0) is 13.0. The van der Waals surface area contributed by atoms with Crippen molar-refractivity contribution in [2.45, 2.75) is 38.6 Å². The van der Waals surface area contributed by atoms with Crippen molar-refractivity contribution in [3.05, 3.63) is 22.4 Å². The highest BCUT2D eigenvalue weighted by atomic mass is 79.9. The van der Waals surface area contributed by atoms with Crippen LogP contribution in [0, 0.1) is 6.92 Å². The number of nitrogens with one attached hydrogen (secondary N) is 2. The molecule has 0 spiro atoms. The molecule has 1 aromatic heterocycles. The van der Waals surface area contributed by atoms with Gasteiger partial charge in [-0.3, -0.25) is 4.79 Å². The van der Waals surface area contributed by atoms with E-state index in [0.717, 1.165) is 15.9 Å². The Balaban J connectivity index is 1.80. The van der Waals surface area contributed by atoms with Crippen molar-refractivity contribution in [2.24, 2.45) is 0 Å². The van der Waals surface area contributed by atoms with Crippen LogP contribution in [-0.2, 0) is 4.79 Å². The minimum Gasteiger partial charge on any atom is -0.324 e. The van der Waals surface area contributed by atoms with Gasteiger partial charge in [-0.1, -0.05) is 12.8 Å². The van der Waals surface area contributed by atoms with E-state index in [9.17, 15) is 4.79 Å². The number of hydrogen-bond acceptors (Lipinski definition) is 3. The summed E-state index contributed by atoms with van der Waals surface area (Å²) >= 11 is 3.33. The first-order chi connectivity index (χ1) is 8.65. The number of anilines is 1. The average molecular weight is 312 g/mol. The van der Waals surface area contributed by atoms with Gasteiger partial charge < -0.3 is 10.6 Å². The topological polar surface area (TPSA) is 54.0 Å². The number of hydrogen-bond donors (Lipinski definition) is 2. The summed E-state index contributed by atoms with van der Waals surface area (Å²) in [5.74, 6) is -0.00887. The SMILES string of the molecule is Cc1cc(NC(=O)CNC2CCCC2)cnc1Br. The van der Waals surface area contributed by atoms with Crippen molar-refractivity contribution >= 4 is 27.5 Å². The van der Waals surface area contributed by atoms with E-state index in [1.165, 1.54) is 25.7 Å². The number of aryl methyl sites for hydroxylation is 1. The van der Waals surface area contributed by atoms with E-state index in [1.807, 2.05) is 13.0 Å². The average Bonchev–Trinajstić information content (AvgIpc) is 2.84. The molecule has 5 heteroatoms. The van der Waals surface area contributed by atoms with Gasteiger partial charge in [-0.2, -0.15) is 0 Å². The molecule has 1 aliphatic rings. The molecule has 0 bridgehead atoms. The van der Waals surface area contributed by atoms with Crippen molar-refractivity contribution < 1.29 is 4.79 Å². The maximum Gasteiger partial charge on any atom is 0.238 e. The van der Waals surface area contributed by atoms with Crippen molar-refractivity contribution in [3.63, 3.8) is 0 Å². The normalized spacial score (nSPS) is 15.9. The third-order valence-electron chi connectivity index (χ3n) is 3.20. The molecule has 98 valence electrons. The lowest BCUT2D eigenvalue weighted by Crippen LogP contribution is -2.34. The lowest BCUT2D eigenvalue weighted by atomic mass is 10.2. The Morgan fingerprint density at radius 2 is 2.22 bits per heavy atom. The van der Waals surface area contributed by atoms with E-state index in [1.54, 1.807) is 6.20 Å². The minimum atomic E-state index is -0.00887. The second-order valence-electron chi connectivity index (χ2n) is 4.74. The summed E-state index contributed by atoms with van der Waals surface area (Å²) in [5.41, 5.74) is 1.76. The van der Waals surface area contributed by atoms with E-state index in [-0.39, 0.29) is 5.91 Å². The van der Waals surface area contributed by atoms with Gasteiger partial charge in [0.1, 0.15) is 4.60 Å². The molecule has 0 atom stereocenters. The second-order valence-corrected chi connectivity index (χ2v) is 5.49. The number of halogens is 1. The molecular formula is C13H18BrN3O. The van der Waals surface area contributed by atoms with Crippen molar-refractivity contribution in [1.82, 2.24) is 10.3 Å². The number of nitrogens with zero attached hydrogens (tertiary/aromatic N) is 1. The van der Waals surface area contributed by atoms with Gasteiger partial charge in [0.2, 0.25) is 5.91 Å². The number of aromatic nitrogens is 1. The molecule has 4 nitrogen and oxygen atoms in total. The van der Waals surface area contributed by atoms with Gasteiger partial charge in [0.25, 0.3) is 0 Å². The molecule has 0 unspecified atom stereocenters. The zero-order valence-electron chi connectivity index (χ0n) is 10.5. The maximum absolute atomic E-state index is 11.8. The van der Waals surface area contributed by atoms with Gasteiger partial charge in [0.05, 0.1) is 18.4 Å². The van der Waals surface area contributed by atoms with Gasteiger partial charge in [0, 0.05) is 6.04 Å². The lowest BCUT2D eigenvalue weighted by Gasteiger charge is -2.12. The first kappa shape index (κ1) is 13.5. The maximum atomic E-state index is 11.8. The number of carbonyl (C=O) groups is 1. The molecular weight excluding hydrogens is 294 g/mol. The molecule has 0 radical (unpaired) electrons. The van der Waals surface area contributed by atoms with Crippen LogP contribution in [0.4, 0.5) is 5.69 Å². The molecule has 0 saturated heterocycles. The quantitative estimate of drug-likeness (QED) is 0.840. The van der Waals surface area contributed by atoms with Crippen molar-refractivity contribution in [3.8, 4) is 0 Å². The number of pyridine rings is 1. The van der Waals surface area contributed by atoms with Crippen molar-refractivity contribution in [1.29, 1.82) is 0 Å². The van der Waals surface area contributed by atoms with Crippen LogP contribution in [0.1, 0.15) is 31.2 Å². The van der Waals surface area contributed by atoms with Crippen LogP contribution >= 0.6 is 15.9 Å². The van der Waals surface area contributed by atoms with E-state index in [0.29, 0.717) is 12.6 Å². The summed E-state index contributed by atoms with van der Waals surface area (Å²) < 4.78 is 0.810. The van der Waals surface area contributed by atoms with Crippen LogP contribution < -0.4 is 10.6 Å². The molecule has 18 heavy (non-hydrogen) atoms. The Hall–Kier alpha value is -0.940. The Kier molecular flexibility index (Phi) is 4.72. The van der Waals surface area contributed by atoms with Crippen LogP contribution in [0.25, 0.3) is 0 Å². The van der Waals surface area contributed by atoms with Gasteiger partial charge in [-0.15, -0.1) is 0 Å². The van der Waals surface area contributed by atoms with Gasteiger partial charge in [-0.05, 0) is 47.3 Å². The predicted molar refractivity (Wildman–Crippen MR) is 75.6 cm³/mol. The lowest BCUT2D eigenvalue weighted by molar-refractivity contribution is -0.115. The highest BCUT2D eigenvalue weighted by molar-refractivity contribution is 9.10. The molecule has 1 saturated carbocycles. The summed E-state index contributed by atoms with van der Waals surface area (Å²) in [6.07, 6.45) is 6.58. The standard InChI is InChI=1S/C13H18BrN3O/c1-9-6-11(7-16-13(9)14)17-12(18)8-15-10-4-2-3-5-10/h6-7,10,15H,2-5,8H2,1H3,(H,17,18). The van der Waals surface area contributed by atoms with Gasteiger partial charge in [0.15, 0.2) is 0 Å². The largest absolute Gasteiger partial charge is 0.324 e. The first-order valence-electron chi connectivity index (χ1n) is 6.30. The summed E-state index contributed by atoms with van der Waals surface area (Å²) in [5, 5.41) is 6.14. The first-order valence-corrected chi connectivity index (χ1v) is 7.10. The smallest absolute Gasteiger partial charge is 0.238 e. The molecule has 1 fully saturated rings. The number of amides is 1. The second kappa shape index (κ2) is 6.29. The third-order valence-corrected chi connectivity index (χ3v) is 4.03. The molecule has 0 aromatic carbocycles. The van der Waals surface area contributed by atoms with Crippen molar-refractivity contribution in [2.75, 3.05) is 11.9 Å². The summed E-state index contributed by atoms with van der Waals surface area (Å²) in [4.78, 5) is 15.9. The molecule has 2 rings (SSSR count). The van der Waals surface area contributed by atoms with Gasteiger partial charge in [-0.25, -0.2) is 4.98 Å². The van der Waals surface area contributed by atoms with Crippen LogP contribution in [0.5, 0.6) is 0 Å². The molecule has 0 aliphatic heterocycles. The highest BCUT2D eigenvalue weighted by Gasteiger charge is 2.15. The zero-order valence-corrected chi connectivity index (χ0v) is 12.1. The number of carbonyl (C=O) groups excluding carboxylic acids is 1. The fraction of sp³-hybridized carbons (Fsp3) is 0.538. The van der Waals surface area contributed by atoms with E-state index in [4.69, 9.17) is 0 Å². The monoisotopic (exact) mass is 311 g/mol. The highest BCUT2D eigenvalue weighted by Crippen LogP contribution is 2.18. The summed E-state index contributed by atoms with van der Waals surface area (Å²) in [6.45, 7) is 2.32. The van der Waals surface area contributed by atoms with Crippen LogP contribution in [-0.4, -0.2) is 23.5 Å². The predicted octanol–water partition coefficient (Wildman–Crippen LogP) is 2.62. The Labute approximate surface area is 116 Å². The number of rotatable bonds is 4. The van der Waals surface area contributed by atoms with Gasteiger partial charge >= 0.3 is 0 Å². The molecule has 1 aliphatic carbocycles. The minimum absolute atomic E-state index is 0.00887. The molecule has 2 N–H and O–H groups in total. The Morgan fingerprint density at radius 3 is 2.89 bits per heavy atom. The molecule has 1 aromatic rings. The fourth-order valence-corrected chi connectivity index (χ4v) is 2.42. The summed E-state index contributed by atoms with van der Waals surface area (Å²) in [7, 11) is 0. The van der Waals surface area contributed by atoms with E-state index < -0.39 is 0 Å². The summed E-state index contributed by atoms with van der Waals surface area (Å²) in [6, 6.07) is 2.42. The molecule has 1 amide bonds. The van der Waals surface area contributed by atoms with Crippen LogP contribution in [0.15, 0.2) is 16.9 Å². The van der Waals surface area contributed by atoms with Crippen LogP contribution in [0.2, 0.25) is 0 Å². The third kappa shape index (κ3) is 3.78. The fourth-order valence-electron chi connectivity index (χ4n) is 2.20. The molecule has 1 heterocycles. The van der Waals surface area contributed by atoms with E-state index >= 15 is 0 Å². The Bertz CT molecular complexity index is 430. The van der Waals surface area contributed by atoms with E-state index in [2.05, 4.69) is 31.5 Å². The Morgan fingerprint density at radius 1 is 1.50 bits per heavy atom.